The molecule has 0 radical (unpaired) electrons. The highest BCUT2D eigenvalue weighted by molar-refractivity contribution is 7.89. The Labute approximate surface area is 170 Å². The van der Waals surface area contributed by atoms with Crippen LogP contribution in [-0.4, -0.2) is 38.9 Å². The van der Waals surface area contributed by atoms with E-state index in [-0.39, 0.29) is 29.8 Å². The SMILES string of the molecule is COc1ccc(CN(C(=O)CCNS(=O)(=O)c2ccc(Cl)cc2)C2CC2)cc1. The van der Waals surface area contributed by atoms with Crippen molar-refractivity contribution in [3.63, 3.8) is 0 Å². The van der Waals surface area contributed by atoms with Crippen molar-refractivity contribution in [2.75, 3.05) is 13.7 Å². The van der Waals surface area contributed by atoms with Crippen LogP contribution in [0.3, 0.4) is 0 Å². The Kier molecular flexibility index (Phi) is 6.59. The molecule has 0 unspecified atom stereocenters. The van der Waals surface area contributed by atoms with Crippen molar-refractivity contribution in [2.24, 2.45) is 0 Å². The Hall–Kier alpha value is -2.09. The number of benzene rings is 2. The second-order valence-electron chi connectivity index (χ2n) is 6.70. The molecule has 1 aliphatic carbocycles. The van der Waals surface area contributed by atoms with Crippen LogP contribution in [0.4, 0.5) is 0 Å². The first-order valence-corrected chi connectivity index (χ1v) is 10.9. The van der Waals surface area contributed by atoms with Gasteiger partial charge in [-0.05, 0) is 54.8 Å². The van der Waals surface area contributed by atoms with Crippen molar-refractivity contribution in [2.45, 2.75) is 36.7 Å². The zero-order valence-electron chi connectivity index (χ0n) is 15.6. The summed E-state index contributed by atoms with van der Waals surface area (Å²) in [5.41, 5.74) is 1.02. The molecule has 2 aromatic carbocycles. The van der Waals surface area contributed by atoms with Crippen LogP contribution in [0.5, 0.6) is 5.75 Å². The Morgan fingerprint density at radius 3 is 2.36 bits per heavy atom. The molecule has 28 heavy (non-hydrogen) atoms. The number of amides is 1. The third-order valence-corrected chi connectivity index (χ3v) is 6.30. The molecule has 1 fully saturated rings. The van der Waals surface area contributed by atoms with Crippen LogP contribution in [0.15, 0.2) is 53.4 Å². The standard InChI is InChI=1S/C20H23ClN2O4S/c1-27-18-8-2-15(3-9-18)14-23(17-6-7-17)20(24)12-13-22-28(25,26)19-10-4-16(21)5-11-19/h2-5,8-11,17,22H,6-7,12-14H2,1H3. The molecule has 0 aromatic heterocycles. The molecular weight excluding hydrogens is 400 g/mol. The highest BCUT2D eigenvalue weighted by Crippen LogP contribution is 2.29. The van der Waals surface area contributed by atoms with Crippen molar-refractivity contribution in [3.8, 4) is 5.75 Å². The van der Waals surface area contributed by atoms with E-state index in [1.165, 1.54) is 24.3 Å². The van der Waals surface area contributed by atoms with E-state index in [2.05, 4.69) is 4.72 Å². The molecule has 1 amide bonds. The van der Waals surface area contributed by atoms with Gasteiger partial charge in [-0.25, -0.2) is 13.1 Å². The molecule has 0 spiro atoms. The number of carbonyl (C=O) groups excluding carboxylic acids is 1. The van der Waals surface area contributed by atoms with E-state index in [0.29, 0.717) is 11.6 Å². The van der Waals surface area contributed by atoms with Crippen LogP contribution in [-0.2, 0) is 21.4 Å². The van der Waals surface area contributed by atoms with Gasteiger partial charge in [-0.3, -0.25) is 4.79 Å². The van der Waals surface area contributed by atoms with Crippen molar-refractivity contribution in [3.05, 3.63) is 59.1 Å². The maximum atomic E-state index is 12.7. The Balaban J connectivity index is 1.56. The lowest BCUT2D eigenvalue weighted by Gasteiger charge is -2.23. The topological polar surface area (TPSA) is 75.7 Å². The summed E-state index contributed by atoms with van der Waals surface area (Å²) in [5.74, 6) is 0.710. The second-order valence-corrected chi connectivity index (χ2v) is 8.91. The molecule has 3 rings (SSSR count). The normalized spacial score (nSPS) is 13.9. The van der Waals surface area contributed by atoms with Gasteiger partial charge >= 0.3 is 0 Å². The predicted octanol–water partition coefficient (Wildman–Crippen LogP) is 3.21. The molecule has 1 N–H and O–H groups in total. The summed E-state index contributed by atoms with van der Waals surface area (Å²) in [6, 6.07) is 13.8. The van der Waals surface area contributed by atoms with E-state index < -0.39 is 10.0 Å². The number of sulfonamides is 1. The summed E-state index contributed by atoms with van der Waals surface area (Å²) >= 11 is 5.79. The molecule has 1 saturated carbocycles. The summed E-state index contributed by atoms with van der Waals surface area (Å²) in [4.78, 5) is 14.6. The lowest BCUT2D eigenvalue weighted by atomic mass is 10.2. The first kappa shape index (κ1) is 20.6. The average molecular weight is 423 g/mol. The number of halogens is 1. The van der Waals surface area contributed by atoms with Crippen LogP contribution < -0.4 is 9.46 Å². The van der Waals surface area contributed by atoms with Gasteiger partial charge in [-0.2, -0.15) is 0 Å². The van der Waals surface area contributed by atoms with Crippen molar-refractivity contribution in [1.29, 1.82) is 0 Å². The van der Waals surface area contributed by atoms with Crippen LogP contribution >= 0.6 is 11.6 Å². The molecule has 6 nitrogen and oxygen atoms in total. The molecule has 0 heterocycles. The monoisotopic (exact) mass is 422 g/mol. The fourth-order valence-corrected chi connectivity index (χ4v) is 4.03. The van der Waals surface area contributed by atoms with Gasteiger partial charge in [0.05, 0.1) is 12.0 Å². The first-order valence-electron chi connectivity index (χ1n) is 9.06. The molecule has 2 aromatic rings. The zero-order valence-corrected chi connectivity index (χ0v) is 17.2. The minimum absolute atomic E-state index is 0.0512. The third-order valence-electron chi connectivity index (χ3n) is 4.57. The molecule has 0 saturated heterocycles. The van der Waals surface area contributed by atoms with E-state index in [4.69, 9.17) is 16.3 Å². The molecule has 0 atom stereocenters. The van der Waals surface area contributed by atoms with E-state index >= 15 is 0 Å². The van der Waals surface area contributed by atoms with Gasteiger partial charge in [0.25, 0.3) is 0 Å². The molecule has 8 heteroatoms. The predicted molar refractivity (Wildman–Crippen MR) is 108 cm³/mol. The number of nitrogens with one attached hydrogen (secondary N) is 1. The first-order chi connectivity index (χ1) is 13.4. The van der Waals surface area contributed by atoms with Crippen LogP contribution in [0.25, 0.3) is 0 Å². The van der Waals surface area contributed by atoms with Gasteiger partial charge < -0.3 is 9.64 Å². The number of hydrogen-bond acceptors (Lipinski definition) is 4. The van der Waals surface area contributed by atoms with Gasteiger partial charge in [0, 0.05) is 30.6 Å². The van der Waals surface area contributed by atoms with Gasteiger partial charge in [0.2, 0.25) is 15.9 Å². The maximum absolute atomic E-state index is 12.7. The van der Waals surface area contributed by atoms with Gasteiger partial charge in [0.15, 0.2) is 0 Å². The van der Waals surface area contributed by atoms with Crippen LogP contribution in [0.1, 0.15) is 24.8 Å². The van der Waals surface area contributed by atoms with E-state index in [0.717, 1.165) is 24.2 Å². The quantitative estimate of drug-likeness (QED) is 0.673. The highest BCUT2D eigenvalue weighted by atomic mass is 35.5. The van der Waals surface area contributed by atoms with Crippen molar-refractivity contribution >= 4 is 27.5 Å². The minimum Gasteiger partial charge on any atom is -0.497 e. The van der Waals surface area contributed by atoms with Gasteiger partial charge in [0.1, 0.15) is 5.75 Å². The minimum atomic E-state index is -3.66. The van der Waals surface area contributed by atoms with Gasteiger partial charge in [-0.15, -0.1) is 0 Å². The van der Waals surface area contributed by atoms with Crippen LogP contribution in [0, 0.1) is 0 Å². The number of nitrogens with zero attached hydrogens (tertiary/aromatic N) is 1. The molecule has 0 aliphatic heterocycles. The largest absolute Gasteiger partial charge is 0.497 e. The molecule has 150 valence electrons. The molecule has 1 aliphatic rings. The second kappa shape index (κ2) is 8.94. The summed E-state index contributed by atoms with van der Waals surface area (Å²) < 4.78 is 32.2. The van der Waals surface area contributed by atoms with E-state index in [9.17, 15) is 13.2 Å². The smallest absolute Gasteiger partial charge is 0.240 e. The lowest BCUT2D eigenvalue weighted by molar-refractivity contribution is -0.132. The number of hydrogen-bond donors (Lipinski definition) is 1. The fraction of sp³-hybridized carbons (Fsp3) is 0.350. The maximum Gasteiger partial charge on any atom is 0.240 e. The fourth-order valence-electron chi connectivity index (χ4n) is 2.87. The Morgan fingerprint density at radius 2 is 1.79 bits per heavy atom. The lowest BCUT2D eigenvalue weighted by Crippen LogP contribution is -2.35. The van der Waals surface area contributed by atoms with Crippen molar-refractivity contribution in [1.82, 2.24) is 9.62 Å². The van der Waals surface area contributed by atoms with E-state index in [1.54, 1.807) is 7.11 Å². The number of carbonyl (C=O) groups is 1. The van der Waals surface area contributed by atoms with Crippen LogP contribution in [0.2, 0.25) is 5.02 Å². The molecule has 0 bridgehead atoms. The number of ether oxygens (including phenoxy) is 1. The van der Waals surface area contributed by atoms with Gasteiger partial charge in [-0.1, -0.05) is 23.7 Å². The number of methoxy groups -OCH3 is 1. The van der Waals surface area contributed by atoms with E-state index in [1.807, 2.05) is 29.2 Å². The third kappa shape index (κ3) is 5.47. The Bertz CT molecular complexity index is 910. The molecular formula is C20H23ClN2O4S. The summed E-state index contributed by atoms with van der Waals surface area (Å²) in [7, 11) is -2.05. The number of rotatable bonds is 9. The summed E-state index contributed by atoms with van der Waals surface area (Å²) in [6.07, 6.45) is 2.08. The van der Waals surface area contributed by atoms with Crippen molar-refractivity contribution < 1.29 is 17.9 Å². The average Bonchev–Trinajstić information content (AvgIpc) is 3.51. The Morgan fingerprint density at radius 1 is 1.14 bits per heavy atom. The summed E-state index contributed by atoms with van der Waals surface area (Å²) in [5, 5.41) is 0.465. The zero-order chi connectivity index (χ0) is 20.1. The highest BCUT2D eigenvalue weighted by Gasteiger charge is 2.32. The summed E-state index contributed by atoms with van der Waals surface area (Å²) in [6.45, 7) is 0.563.